The fourth-order valence-corrected chi connectivity index (χ4v) is 1.56. The van der Waals surface area contributed by atoms with E-state index >= 15 is 0 Å². The van der Waals surface area contributed by atoms with Gasteiger partial charge in [-0.3, -0.25) is 9.69 Å². The number of terminal acetylenes is 1. The molecule has 1 heterocycles. The van der Waals surface area contributed by atoms with Crippen molar-refractivity contribution >= 4 is 11.9 Å². The molecule has 1 aliphatic heterocycles. The Labute approximate surface area is 89.5 Å². The molecule has 4 nitrogen and oxygen atoms in total. The quantitative estimate of drug-likeness (QED) is 0.388. The maximum atomic E-state index is 11.7. The maximum Gasteiger partial charge on any atom is 0.327 e. The van der Waals surface area contributed by atoms with Crippen LogP contribution >= 0.6 is 0 Å². The van der Waals surface area contributed by atoms with E-state index in [4.69, 9.17) is 6.42 Å². The van der Waals surface area contributed by atoms with Crippen molar-refractivity contribution in [3.63, 3.8) is 0 Å². The molecule has 0 unspecified atom stereocenters. The fraction of sp³-hybridized carbons (Fsp3) is 0.455. The number of rotatable bonds is 4. The molecule has 1 saturated heterocycles. The molecule has 0 saturated carbocycles. The maximum absolute atomic E-state index is 11.7. The van der Waals surface area contributed by atoms with Crippen LogP contribution in [0, 0.1) is 12.3 Å². The summed E-state index contributed by atoms with van der Waals surface area (Å²) in [6.45, 7) is 5.82. The summed E-state index contributed by atoms with van der Waals surface area (Å²) in [5.41, 5.74) is 0. The normalized spacial score (nSPS) is 17.9. The molecule has 0 aromatic heterocycles. The highest BCUT2D eigenvalue weighted by atomic mass is 16.2. The van der Waals surface area contributed by atoms with Crippen LogP contribution in [-0.2, 0) is 4.79 Å². The van der Waals surface area contributed by atoms with Crippen LogP contribution in [0.1, 0.15) is 13.3 Å². The average Bonchev–Trinajstić information content (AvgIpc) is 2.43. The van der Waals surface area contributed by atoms with Gasteiger partial charge in [0.15, 0.2) is 0 Å². The Morgan fingerprint density at radius 1 is 1.67 bits per heavy atom. The van der Waals surface area contributed by atoms with Gasteiger partial charge in [-0.1, -0.05) is 6.08 Å². The van der Waals surface area contributed by atoms with Gasteiger partial charge >= 0.3 is 6.03 Å². The Balaban J connectivity index is 2.75. The molecule has 0 aromatic rings. The summed E-state index contributed by atoms with van der Waals surface area (Å²) in [7, 11) is 0. The Bertz CT molecular complexity index is 330. The molecule has 1 aliphatic rings. The van der Waals surface area contributed by atoms with E-state index in [0.717, 1.165) is 0 Å². The molecule has 1 atom stereocenters. The van der Waals surface area contributed by atoms with Crippen LogP contribution in [0.3, 0.4) is 0 Å². The lowest BCUT2D eigenvalue weighted by atomic mass is 10.2. The first kappa shape index (κ1) is 11.3. The molecule has 0 spiro atoms. The van der Waals surface area contributed by atoms with Crippen LogP contribution in [0.5, 0.6) is 0 Å². The number of amides is 3. The van der Waals surface area contributed by atoms with Gasteiger partial charge < -0.3 is 4.90 Å². The van der Waals surface area contributed by atoms with Crippen LogP contribution in [0.15, 0.2) is 12.7 Å². The largest absolute Gasteiger partial charge is 0.327 e. The first-order chi connectivity index (χ1) is 7.11. The minimum atomic E-state index is -0.275. The van der Waals surface area contributed by atoms with Crippen molar-refractivity contribution in [3.8, 4) is 12.3 Å². The zero-order valence-corrected chi connectivity index (χ0v) is 8.77. The molecule has 0 aromatic carbocycles. The van der Waals surface area contributed by atoms with E-state index in [0.29, 0.717) is 13.0 Å². The predicted molar refractivity (Wildman–Crippen MR) is 56.9 cm³/mol. The van der Waals surface area contributed by atoms with Crippen LogP contribution < -0.4 is 0 Å². The van der Waals surface area contributed by atoms with E-state index in [1.165, 1.54) is 9.80 Å². The molecule has 0 radical (unpaired) electrons. The zero-order valence-electron chi connectivity index (χ0n) is 8.77. The fourth-order valence-electron chi connectivity index (χ4n) is 1.56. The van der Waals surface area contributed by atoms with Crippen LogP contribution in [0.4, 0.5) is 4.79 Å². The molecule has 0 N–H and O–H groups in total. The predicted octanol–water partition coefficient (Wildman–Crippen LogP) is 0.848. The second-order valence-corrected chi connectivity index (χ2v) is 3.47. The van der Waals surface area contributed by atoms with Crippen molar-refractivity contribution < 1.29 is 9.59 Å². The summed E-state index contributed by atoms with van der Waals surface area (Å²) in [6.07, 6.45) is 7.14. The van der Waals surface area contributed by atoms with E-state index in [9.17, 15) is 9.59 Å². The lowest BCUT2D eigenvalue weighted by Gasteiger charge is -2.20. The molecule has 1 rings (SSSR count). The van der Waals surface area contributed by atoms with E-state index < -0.39 is 0 Å². The van der Waals surface area contributed by atoms with Crippen molar-refractivity contribution in [1.29, 1.82) is 0 Å². The van der Waals surface area contributed by atoms with E-state index in [1.807, 2.05) is 0 Å². The number of carbonyl (C=O) groups excluding carboxylic acids is 2. The molecule has 80 valence electrons. The minimum Gasteiger partial charge on any atom is -0.311 e. The highest BCUT2D eigenvalue weighted by molar-refractivity contribution is 6.02. The van der Waals surface area contributed by atoms with Crippen molar-refractivity contribution in [1.82, 2.24) is 9.80 Å². The summed E-state index contributed by atoms with van der Waals surface area (Å²) in [5.74, 6) is 2.26. The van der Waals surface area contributed by atoms with Gasteiger partial charge in [-0.2, -0.15) is 0 Å². The molecular weight excluding hydrogens is 192 g/mol. The van der Waals surface area contributed by atoms with Crippen molar-refractivity contribution in [2.75, 3.05) is 13.1 Å². The smallest absolute Gasteiger partial charge is 0.311 e. The average molecular weight is 206 g/mol. The summed E-state index contributed by atoms with van der Waals surface area (Å²) in [6, 6.07) is -0.507. The third-order valence-electron chi connectivity index (χ3n) is 2.27. The van der Waals surface area contributed by atoms with E-state index in [-0.39, 0.29) is 24.5 Å². The van der Waals surface area contributed by atoms with Crippen LogP contribution in [-0.4, -0.2) is 40.9 Å². The van der Waals surface area contributed by atoms with Gasteiger partial charge in [0, 0.05) is 19.0 Å². The van der Waals surface area contributed by atoms with Crippen molar-refractivity contribution in [2.24, 2.45) is 0 Å². The second-order valence-electron chi connectivity index (χ2n) is 3.47. The third kappa shape index (κ3) is 2.18. The highest BCUT2D eigenvalue weighted by Crippen LogP contribution is 2.15. The zero-order chi connectivity index (χ0) is 11.4. The molecule has 1 fully saturated rings. The number of hydrogen-bond acceptors (Lipinski definition) is 2. The molecule has 15 heavy (non-hydrogen) atoms. The Morgan fingerprint density at radius 3 is 2.87 bits per heavy atom. The standard InChI is InChI=1S/C11H14N2O2/c1-4-6-9(3)13-10(14)8-12(7-5-2)11(13)15/h1,5,9H,2,6-8H2,3H3/t9-/m1/s1. The molecular formula is C11H14N2O2. The summed E-state index contributed by atoms with van der Waals surface area (Å²) in [4.78, 5) is 26.0. The van der Waals surface area contributed by atoms with Gasteiger partial charge in [0.05, 0.1) is 0 Å². The Morgan fingerprint density at radius 2 is 2.33 bits per heavy atom. The summed E-state index contributed by atoms with van der Waals surface area (Å²) in [5, 5.41) is 0. The number of imide groups is 1. The van der Waals surface area contributed by atoms with Crippen molar-refractivity contribution in [3.05, 3.63) is 12.7 Å². The lowest BCUT2D eigenvalue weighted by molar-refractivity contribution is -0.126. The SMILES string of the molecule is C#CC[C@@H](C)N1C(=O)CN(CC=C)C1=O. The van der Waals surface area contributed by atoms with Crippen LogP contribution in [0.25, 0.3) is 0 Å². The van der Waals surface area contributed by atoms with Gasteiger partial charge in [-0.25, -0.2) is 4.79 Å². The number of urea groups is 1. The lowest BCUT2D eigenvalue weighted by Crippen LogP contribution is -2.39. The van der Waals surface area contributed by atoms with E-state index in [2.05, 4.69) is 12.5 Å². The first-order valence-electron chi connectivity index (χ1n) is 4.77. The van der Waals surface area contributed by atoms with Gasteiger partial charge in [0.1, 0.15) is 6.54 Å². The minimum absolute atomic E-state index is 0.125. The van der Waals surface area contributed by atoms with E-state index in [1.54, 1.807) is 13.0 Å². The summed E-state index contributed by atoms with van der Waals surface area (Å²) < 4.78 is 0. The van der Waals surface area contributed by atoms with Gasteiger partial charge in [-0.15, -0.1) is 18.9 Å². The molecule has 0 bridgehead atoms. The monoisotopic (exact) mass is 206 g/mol. The number of carbonyl (C=O) groups is 2. The highest BCUT2D eigenvalue weighted by Gasteiger charge is 2.37. The Kier molecular flexibility index (Phi) is 3.51. The number of nitrogens with zero attached hydrogens (tertiary/aromatic N) is 2. The molecule has 0 aliphatic carbocycles. The number of hydrogen-bond donors (Lipinski definition) is 0. The molecule has 4 heteroatoms. The Hall–Kier alpha value is -1.76. The van der Waals surface area contributed by atoms with Gasteiger partial charge in [0.25, 0.3) is 5.91 Å². The first-order valence-corrected chi connectivity index (χ1v) is 4.77. The second kappa shape index (κ2) is 4.65. The van der Waals surface area contributed by atoms with Crippen LogP contribution in [0.2, 0.25) is 0 Å². The van der Waals surface area contributed by atoms with Gasteiger partial charge in [-0.05, 0) is 6.92 Å². The molecule has 3 amide bonds. The van der Waals surface area contributed by atoms with Crippen molar-refractivity contribution in [2.45, 2.75) is 19.4 Å². The summed E-state index contributed by atoms with van der Waals surface area (Å²) >= 11 is 0. The third-order valence-corrected chi connectivity index (χ3v) is 2.27. The topological polar surface area (TPSA) is 40.6 Å². The van der Waals surface area contributed by atoms with Gasteiger partial charge in [0.2, 0.25) is 0 Å².